The van der Waals surface area contributed by atoms with Crippen LogP contribution < -0.4 is 0 Å². The first-order chi connectivity index (χ1) is 12.9. The summed E-state index contributed by atoms with van der Waals surface area (Å²) in [5, 5.41) is 13.1. The third-order valence-electron chi connectivity index (χ3n) is 4.38. The maximum Gasteiger partial charge on any atom is 0.331 e. The summed E-state index contributed by atoms with van der Waals surface area (Å²) in [6.45, 7) is 2.08. The van der Waals surface area contributed by atoms with Crippen LogP contribution in [0.5, 0.6) is 0 Å². The van der Waals surface area contributed by atoms with Crippen molar-refractivity contribution in [1.29, 1.82) is 0 Å². The molecule has 1 N–H and O–H groups in total. The van der Waals surface area contributed by atoms with E-state index in [1.807, 2.05) is 6.92 Å². The van der Waals surface area contributed by atoms with Gasteiger partial charge in [0, 0.05) is 26.6 Å². The first-order valence-corrected chi connectivity index (χ1v) is 8.78. The molecular formula is C18H13Cl2F2N5. The molecule has 4 aromatic rings. The van der Waals surface area contributed by atoms with E-state index in [1.54, 1.807) is 28.9 Å². The molecule has 0 saturated carbocycles. The zero-order chi connectivity index (χ0) is 19.2. The minimum Gasteiger partial charge on any atom is -0.326 e. The number of aromatic nitrogens is 5. The van der Waals surface area contributed by atoms with Gasteiger partial charge in [0.05, 0.1) is 17.8 Å². The van der Waals surface area contributed by atoms with Crippen molar-refractivity contribution in [2.45, 2.75) is 19.4 Å². The molecule has 0 aliphatic rings. The predicted octanol–water partition coefficient (Wildman–Crippen LogP) is 4.96. The first-order valence-electron chi connectivity index (χ1n) is 8.03. The molecule has 0 amide bonds. The molecule has 2 heterocycles. The number of nitrogens with zero attached hydrogens (tertiary/aromatic N) is 4. The highest BCUT2D eigenvalue weighted by Crippen LogP contribution is 2.35. The van der Waals surface area contributed by atoms with Crippen LogP contribution in [0.2, 0.25) is 10.0 Å². The van der Waals surface area contributed by atoms with E-state index in [0.717, 1.165) is 17.4 Å². The van der Waals surface area contributed by atoms with E-state index in [1.165, 1.54) is 12.1 Å². The molecular weight excluding hydrogens is 395 g/mol. The van der Waals surface area contributed by atoms with E-state index >= 15 is 0 Å². The molecule has 138 valence electrons. The van der Waals surface area contributed by atoms with Gasteiger partial charge in [-0.1, -0.05) is 41.4 Å². The Kier molecular flexibility index (Phi) is 4.36. The van der Waals surface area contributed by atoms with Crippen molar-refractivity contribution in [2.24, 2.45) is 0 Å². The van der Waals surface area contributed by atoms with Crippen molar-refractivity contribution >= 4 is 34.1 Å². The largest absolute Gasteiger partial charge is 0.331 e. The van der Waals surface area contributed by atoms with Gasteiger partial charge in [0.2, 0.25) is 5.82 Å². The van der Waals surface area contributed by atoms with Gasteiger partial charge in [0.25, 0.3) is 0 Å². The van der Waals surface area contributed by atoms with Crippen LogP contribution in [0.4, 0.5) is 8.78 Å². The van der Waals surface area contributed by atoms with E-state index < -0.39 is 11.7 Å². The number of halogens is 4. The van der Waals surface area contributed by atoms with Crippen molar-refractivity contribution in [3.63, 3.8) is 0 Å². The molecule has 5 nitrogen and oxygen atoms in total. The number of alkyl halides is 2. The lowest BCUT2D eigenvalue weighted by atomic mass is 10.1. The van der Waals surface area contributed by atoms with E-state index in [9.17, 15) is 8.78 Å². The Labute approximate surface area is 162 Å². The van der Waals surface area contributed by atoms with E-state index in [-0.39, 0.29) is 12.1 Å². The molecule has 0 aliphatic heterocycles. The highest BCUT2D eigenvalue weighted by molar-refractivity contribution is 6.36. The minimum atomic E-state index is -3.31. The van der Waals surface area contributed by atoms with E-state index in [4.69, 9.17) is 23.2 Å². The highest BCUT2D eigenvalue weighted by Gasteiger charge is 2.38. The Morgan fingerprint density at radius 1 is 1.15 bits per heavy atom. The van der Waals surface area contributed by atoms with Crippen LogP contribution in [0.25, 0.3) is 10.9 Å². The summed E-state index contributed by atoms with van der Waals surface area (Å²) in [5.41, 5.74) is 1.75. The first kappa shape index (κ1) is 17.9. The number of H-pyrrole nitrogens is 1. The lowest BCUT2D eigenvalue weighted by molar-refractivity contribution is 0.0333. The maximum atomic E-state index is 14.7. The summed E-state index contributed by atoms with van der Waals surface area (Å²) in [6.07, 6.45) is 1.12. The van der Waals surface area contributed by atoms with Crippen molar-refractivity contribution < 1.29 is 8.78 Å². The zero-order valence-corrected chi connectivity index (χ0v) is 15.6. The van der Waals surface area contributed by atoms with Crippen LogP contribution in [-0.4, -0.2) is 25.0 Å². The van der Waals surface area contributed by atoms with Gasteiger partial charge in [-0.3, -0.25) is 4.68 Å². The van der Waals surface area contributed by atoms with Crippen LogP contribution in [0, 0.1) is 6.92 Å². The number of aryl methyl sites for hydroxylation is 1. The summed E-state index contributed by atoms with van der Waals surface area (Å²) in [4.78, 5) is 2.37. The minimum absolute atomic E-state index is 0.210. The topological polar surface area (TPSA) is 59.4 Å². The second-order valence-electron chi connectivity index (χ2n) is 6.09. The van der Waals surface area contributed by atoms with E-state index in [2.05, 4.69) is 20.3 Å². The molecule has 2 aromatic carbocycles. The molecule has 0 radical (unpaired) electrons. The molecule has 0 unspecified atom stereocenters. The van der Waals surface area contributed by atoms with Gasteiger partial charge in [-0.25, -0.2) is 0 Å². The van der Waals surface area contributed by atoms with Gasteiger partial charge >= 0.3 is 5.92 Å². The number of hydrogen-bond donors (Lipinski definition) is 1. The third kappa shape index (κ3) is 3.07. The standard InChI is InChI=1S/C18H13Cl2F2N5/c1-10-12-6-5-11(18(21,22)17-23-9-24-25-17)7-16(12)27(26-10)8-13-14(19)3-2-4-15(13)20/h2-7,9H,8H2,1H3,(H,23,24,25). The number of aromatic amines is 1. The molecule has 0 fully saturated rings. The number of rotatable bonds is 4. The number of benzene rings is 2. The molecule has 27 heavy (non-hydrogen) atoms. The Hall–Kier alpha value is -2.51. The highest BCUT2D eigenvalue weighted by atomic mass is 35.5. The van der Waals surface area contributed by atoms with Crippen LogP contribution in [0.15, 0.2) is 42.7 Å². The summed E-state index contributed by atoms with van der Waals surface area (Å²) in [7, 11) is 0. The second-order valence-corrected chi connectivity index (χ2v) is 6.90. The zero-order valence-electron chi connectivity index (χ0n) is 14.0. The Morgan fingerprint density at radius 2 is 1.89 bits per heavy atom. The molecule has 0 spiro atoms. The summed E-state index contributed by atoms with van der Waals surface area (Å²) in [5.74, 6) is -3.82. The fourth-order valence-electron chi connectivity index (χ4n) is 2.98. The van der Waals surface area contributed by atoms with E-state index in [0.29, 0.717) is 21.1 Å². The van der Waals surface area contributed by atoms with Gasteiger partial charge in [-0.15, -0.1) is 10.2 Å². The van der Waals surface area contributed by atoms with Crippen molar-refractivity contribution in [2.75, 3.05) is 0 Å². The Balaban J connectivity index is 1.83. The number of nitrogens with one attached hydrogen (secondary N) is 1. The smallest absolute Gasteiger partial charge is 0.326 e. The molecule has 0 atom stereocenters. The van der Waals surface area contributed by atoms with Crippen LogP contribution in [0.3, 0.4) is 0 Å². The molecule has 0 saturated heterocycles. The van der Waals surface area contributed by atoms with Gasteiger partial charge in [-0.2, -0.15) is 13.9 Å². The second kappa shape index (κ2) is 6.58. The molecule has 0 bridgehead atoms. The average molecular weight is 408 g/mol. The van der Waals surface area contributed by atoms with Crippen LogP contribution >= 0.6 is 23.2 Å². The fraction of sp³-hybridized carbons (Fsp3) is 0.167. The number of fused-ring (bicyclic) bond motifs is 1. The Morgan fingerprint density at radius 3 is 2.56 bits per heavy atom. The Bertz CT molecular complexity index is 1100. The van der Waals surface area contributed by atoms with Crippen molar-refractivity contribution in [3.05, 3.63) is 75.4 Å². The van der Waals surface area contributed by atoms with Crippen molar-refractivity contribution in [1.82, 2.24) is 25.0 Å². The molecule has 4 rings (SSSR count). The quantitative estimate of drug-likeness (QED) is 0.520. The maximum absolute atomic E-state index is 14.7. The molecule has 9 heteroatoms. The lowest BCUT2D eigenvalue weighted by Gasteiger charge is -2.14. The van der Waals surface area contributed by atoms with Crippen molar-refractivity contribution in [3.8, 4) is 0 Å². The SMILES string of the molecule is Cc1nn(Cc2c(Cl)cccc2Cl)c2cc(C(F)(F)c3nnc[nH]3)ccc12. The monoisotopic (exact) mass is 407 g/mol. The third-order valence-corrected chi connectivity index (χ3v) is 5.09. The normalized spacial score (nSPS) is 12.0. The molecule has 2 aromatic heterocycles. The van der Waals surface area contributed by atoms with Gasteiger partial charge < -0.3 is 4.98 Å². The number of hydrogen-bond acceptors (Lipinski definition) is 3. The average Bonchev–Trinajstić information content (AvgIpc) is 3.27. The summed E-state index contributed by atoms with van der Waals surface area (Å²) >= 11 is 12.5. The fourth-order valence-corrected chi connectivity index (χ4v) is 3.50. The summed E-state index contributed by atoms with van der Waals surface area (Å²) in [6, 6.07) is 9.60. The van der Waals surface area contributed by atoms with Crippen LogP contribution in [0.1, 0.15) is 22.6 Å². The van der Waals surface area contributed by atoms with Gasteiger partial charge in [0.1, 0.15) is 6.33 Å². The van der Waals surface area contributed by atoms with Gasteiger partial charge in [0.15, 0.2) is 0 Å². The lowest BCUT2D eigenvalue weighted by Crippen LogP contribution is -2.17. The molecule has 0 aliphatic carbocycles. The van der Waals surface area contributed by atoms with Gasteiger partial charge in [-0.05, 0) is 25.1 Å². The summed E-state index contributed by atoms with van der Waals surface area (Å²) < 4.78 is 31.1. The predicted molar refractivity (Wildman–Crippen MR) is 99.4 cm³/mol. The van der Waals surface area contributed by atoms with Crippen LogP contribution in [-0.2, 0) is 12.5 Å².